The van der Waals surface area contributed by atoms with Crippen molar-refractivity contribution in [1.82, 2.24) is 15.6 Å². The van der Waals surface area contributed by atoms with E-state index in [1.54, 1.807) is 12.1 Å². The van der Waals surface area contributed by atoms with Gasteiger partial charge in [0.25, 0.3) is 11.1 Å². The van der Waals surface area contributed by atoms with Gasteiger partial charge in [-0.1, -0.05) is 37.7 Å². The van der Waals surface area contributed by atoms with Crippen LogP contribution in [0.5, 0.6) is 0 Å². The van der Waals surface area contributed by atoms with Crippen molar-refractivity contribution in [1.29, 1.82) is 0 Å². The number of hydrogen-bond acceptors (Lipinski definition) is 7. The number of nitrogens with zero attached hydrogens (tertiary/aromatic N) is 1. The molecule has 2 aromatic rings. The van der Waals surface area contributed by atoms with E-state index < -0.39 is 24.5 Å². The number of esters is 1. The summed E-state index contributed by atoms with van der Waals surface area (Å²) in [5, 5.41) is 4.95. The van der Waals surface area contributed by atoms with E-state index in [4.69, 9.17) is 9.15 Å². The van der Waals surface area contributed by atoms with E-state index in [0.29, 0.717) is 22.9 Å². The van der Waals surface area contributed by atoms with Crippen LogP contribution in [0.1, 0.15) is 13.8 Å². The average Bonchev–Trinajstić information content (AvgIpc) is 2.99. The molecular weight excluding hydrogens is 346 g/mol. The minimum absolute atomic E-state index is 0.0559. The number of nitrogens with one attached hydrogen (secondary N) is 2. The first-order valence-electron chi connectivity index (χ1n) is 7.65. The summed E-state index contributed by atoms with van der Waals surface area (Å²) in [5.41, 5.74) is 1.33. The number of para-hydroxylation sites is 2. The monoisotopic (exact) mass is 365 g/mol. The van der Waals surface area contributed by atoms with Gasteiger partial charge >= 0.3 is 12.0 Å². The lowest BCUT2D eigenvalue weighted by Crippen LogP contribution is -2.42. The van der Waals surface area contributed by atoms with Gasteiger partial charge in [0.2, 0.25) is 0 Å². The molecule has 0 atom stereocenters. The Bertz CT molecular complexity index is 726. The van der Waals surface area contributed by atoms with Crippen LogP contribution in [0, 0.1) is 5.92 Å². The Kier molecular flexibility index (Phi) is 6.81. The maximum Gasteiger partial charge on any atom is 0.321 e. The van der Waals surface area contributed by atoms with E-state index >= 15 is 0 Å². The van der Waals surface area contributed by atoms with Crippen molar-refractivity contribution in [3.05, 3.63) is 24.3 Å². The van der Waals surface area contributed by atoms with Crippen LogP contribution in [-0.2, 0) is 14.3 Å². The predicted molar refractivity (Wildman–Crippen MR) is 92.1 cm³/mol. The Morgan fingerprint density at radius 1 is 1.28 bits per heavy atom. The summed E-state index contributed by atoms with van der Waals surface area (Å²) in [6.07, 6.45) is 0. The predicted octanol–water partition coefficient (Wildman–Crippen LogP) is 1.94. The molecule has 134 valence electrons. The maximum absolute atomic E-state index is 11.6. The molecule has 0 fully saturated rings. The molecule has 9 heteroatoms. The molecule has 0 unspecified atom stereocenters. The molecule has 2 N–H and O–H groups in total. The van der Waals surface area contributed by atoms with Crippen molar-refractivity contribution in [3.63, 3.8) is 0 Å². The largest absolute Gasteiger partial charge is 0.455 e. The number of rotatable bonds is 7. The molecule has 0 bridgehead atoms. The first-order valence-corrected chi connectivity index (χ1v) is 8.64. The minimum atomic E-state index is -0.693. The van der Waals surface area contributed by atoms with Crippen LogP contribution in [0.15, 0.2) is 33.9 Å². The fourth-order valence-corrected chi connectivity index (χ4v) is 2.36. The van der Waals surface area contributed by atoms with Crippen LogP contribution in [0.3, 0.4) is 0 Å². The number of aromatic nitrogens is 1. The standard InChI is InChI=1S/C16H19N3O5S/c1-10(2)7-17-15(22)19-13(20)8-23-14(21)9-25-16-18-11-5-3-4-6-12(11)24-16/h3-6,10H,7-9H2,1-2H3,(H2,17,19,20,22). The number of amides is 3. The average molecular weight is 365 g/mol. The number of oxazole rings is 1. The maximum atomic E-state index is 11.6. The van der Waals surface area contributed by atoms with Crippen LogP contribution in [0.4, 0.5) is 4.79 Å². The van der Waals surface area contributed by atoms with E-state index in [-0.39, 0.29) is 11.7 Å². The van der Waals surface area contributed by atoms with Crippen molar-refractivity contribution < 1.29 is 23.5 Å². The zero-order chi connectivity index (χ0) is 18.2. The molecule has 0 aliphatic heterocycles. The zero-order valence-electron chi connectivity index (χ0n) is 13.9. The molecule has 25 heavy (non-hydrogen) atoms. The van der Waals surface area contributed by atoms with Gasteiger partial charge in [-0.15, -0.1) is 0 Å². The van der Waals surface area contributed by atoms with Crippen molar-refractivity contribution in [2.45, 2.75) is 19.1 Å². The van der Waals surface area contributed by atoms with E-state index in [9.17, 15) is 14.4 Å². The Hall–Kier alpha value is -2.55. The van der Waals surface area contributed by atoms with Crippen molar-refractivity contribution in [2.24, 2.45) is 5.92 Å². The number of hydrogen-bond donors (Lipinski definition) is 2. The summed E-state index contributed by atoms with van der Waals surface area (Å²) in [5.74, 6) is -1.09. The van der Waals surface area contributed by atoms with E-state index in [1.807, 2.05) is 26.0 Å². The second-order valence-electron chi connectivity index (χ2n) is 5.55. The number of carbonyl (C=O) groups is 3. The zero-order valence-corrected chi connectivity index (χ0v) is 14.7. The quantitative estimate of drug-likeness (QED) is 0.570. The summed E-state index contributed by atoms with van der Waals surface area (Å²) in [6, 6.07) is 6.63. The van der Waals surface area contributed by atoms with Gasteiger partial charge < -0.3 is 14.5 Å². The Labute approximate surface area is 148 Å². The van der Waals surface area contributed by atoms with Crippen LogP contribution >= 0.6 is 11.8 Å². The summed E-state index contributed by atoms with van der Waals surface area (Å²) < 4.78 is 10.3. The highest BCUT2D eigenvalue weighted by molar-refractivity contribution is 7.99. The molecule has 1 aromatic heterocycles. The molecule has 0 aliphatic rings. The van der Waals surface area contributed by atoms with Gasteiger partial charge in [0.05, 0.1) is 0 Å². The second-order valence-corrected chi connectivity index (χ2v) is 6.48. The van der Waals surface area contributed by atoms with Crippen LogP contribution < -0.4 is 10.6 Å². The molecule has 3 amide bonds. The summed E-state index contributed by atoms with van der Waals surface area (Å²) in [7, 11) is 0. The lowest BCUT2D eigenvalue weighted by molar-refractivity contribution is -0.145. The van der Waals surface area contributed by atoms with Crippen LogP contribution in [0.2, 0.25) is 0 Å². The topological polar surface area (TPSA) is 111 Å². The molecule has 1 heterocycles. The summed E-state index contributed by atoms with van der Waals surface area (Å²) in [4.78, 5) is 38.8. The first kappa shape index (κ1) is 18.8. The Balaban J connectivity index is 1.68. The normalized spacial score (nSPS) is 10.7. The highest BCUT2D eigenvalue weighted by Crippen LogP contribution is 2.22. The van der Waals surface area contributed by atoms with E-state index in [1.165, 1.54) is 0 Å². The second kappa shape index (κ2) is 9.07. The summed E-state index contributed by atoms with van der Waals surface area (Å²) in [6.45, 7) is 3.78. The van der Waals surface area contributed by atoms with Crippen LogP contribution in [-0.4, -0.2) is 41.8 Å². The number of ether oxygens (including phenoxy) is 1. The van der Waals surface area contributed by atoms with Crippen LogP contribution in [0.25, 0.3) is 11.1 Å². The minimum Gasteiger partial charge on any atom is -0.455 e. The van der Waals surface area contributed by atoms with Gasteiger partial charge in [0.1, 0.15) is 11.3 Å². The molecule has 0 saturated heterocycles. The van der Waals surface area contributed by atoms with E-state index in [0.717, 1.165) is 11.8 Å². The van der Waals surface area contributed by atoms with Gasteiger partial charge in [-0.25, -0.2) is 9.78 Å². The molecule has 0 radical (unpaired) electrons. The fourth-order valence-electron chi connectivity index (χ4n) is 1.72. The smallest absolute Gasteiger partial charge is 0.321 e. The SMILES string of the molecule is CC(C)CNC(=O)NC(=O)COC(=O)CSc1nc2ccccc2o1. The molecule has 2 rings (SSSR count). The third-order valence-corrected chi connectivity index (χ3v) is 3.68. The number of fused-ring (bicyclic) bond motifs is 1. The number of imide groups is 1. The highest BCUT2D eigenvalue weighted by Gasteiger charge is 2.13. The first-order chi connectivity index (χ1) is 11.9. The number of carbonyl (C=O) groups excluding carboxylic acids is 3. The third-order valence-electron chi connectivity index (χ3n) is 2.88. The fraction of sp³-hybridized carbons (Fsp3) is 0.375. The number of thioether (sulfide) groups is 1. The summed E-state index contributed by atoms with van der Waals surface area (Å²) >= 11 is 1.07. The molecule has 0 aliphatic carbocycles. The van der Waals surface area contributed by atoms with Gasteiger partial charge in [-0.3, -0.25) is 14.9 Å². The Morgan fingerprint density at radius 3 is 2.76 bits per heavy atom. The van der Waals surface area contributed by atoms with Crippen molar-refractivity contribution in [3.8, 4) is 0 Å². The van der Waals surface area contributed by atoms with Crippen molar-refractivity contribution in [2.75, 3.05) is 18.9 Å². The molecule has 0 saturated carbocycles. The van der Waals surface area contributed by atoms with Gasteiger partial charge in [-0.05, 0) is 18.1 Å². The van der Waals surface area contributed by atoms with Gasteiger partial charge in [0, 0.05) is 6.54 Å². The highest BCUT2D eigenvalue weighted by atomic mass is 32.2. The molecular formula is C16H19N3O5S. The van der Waals surface area contributed by atoms with E-state index in [2.05, 4.69) is 15.6 Å². The number of urea groups is 1. The van der Waals surface area contributed by atoms with Gasteiger partial charge in [0.15, 0.2) is 12.2 Å². The van der Waals surface area contributed by atoms with Gasteiger partial charge in [-0.2, -0.15) is 0 Å². The Morgan fingerprint density at radius 2 is 2.04 bits per heavy atom. The van der Waals surface area contributed by atoms with Crippen molar-refractivity contribution >= 4 is 40.8 Å². The lowest BCUT2D eigenvalue weighted by Gasteiger charge is -2.08. The lowest BCUT2D eigenvalue weighted by atomic mass is 10.2. The molecule has 1 aromatic carbocycles. The molecule has 8 nitrogen and oxygen atoms in total. The molecule has 0 spiro atoms. The number of benzene rings is 1. The third kappa shape index (κ3) is 6.46.